The van der Waals surface area contributed by atoms with Gasteiger partial charge in [-0.3, -0.25) is 10.1 Å². The van der Waals surface area contributed by atoms with Crippen LogP contribution in [0.25, 0.3) is 0 Å². The van der Waals surface area contributed by atoms with E-state index in [9.17, 15) is 4.79 Å². The molecule has 7 heteroatoms. The Morgan fingerprint density at radius 3 is 3.11 bits per heavy atom. The van der Waals surface area contributed by atoms with Crippen LogP contribution < -0.4 is 5.32 Å². The second-order valence-electron chi connectivity index (χ2n) is 3.42. The van der Waals surface area contributed by atoms with Crippen molar-refractivity contribution >= 4 is 27.8 Å². The van der Waals surface area contributed by atoms with Crippen molar-refractivity contribution in [3.8, 4) is 0 Å². The molecule has 0 radical (unpaired) electrons. The molecule has 6 nitrogen and oxygen atoms in total. The second-order valence-corrected chi connectivity index (χ2v) is 4.34. The molecule has 0 bridgehead atoms. The van der Waals surface area contributed by atoms with Crippen LogP contribution in [0.5, 0.6) is 0 Å². The minimum absolute atomic E-state index is 0.168. The number of nitrogens with one attached hydrogen (secondary N) is 1. The van der Waals surface area contributed by atoms with Crippen molar-refractivity contribution in [2.75, 3.05) is 5.32 Å². The lowest BCUT2D eigenvalue weighted by molar-refractivity contribution is 0.102. The molecule has 1 N–H and O–H groups in total. The Balaban J connectivity index is 2.08. The third-order valence-corrected chi connectivity index (χ3v) is 2.55. The molecule has 0 atom stereocenters. The first-order chi connectivity index (χ1) is 8.69. The van der Waals surface area contributed by atoms with Gasteiger partial charge in [-0.1, -0.05) is 33.2 Å². The van der Waals surface area contributed by atoms with E-state index in [0.717, 1.165) is 4.47 Å². The fourth-order valence-electron chi connectivity index (χ4n) is 1.29. The Hall–Kier alpha value is -2.02. The van der Waals surface area contributed by atoms with Crippen LogP contribution in [0.2, 0.25) is 0 Å². The van der Waals surface area contributed by atoms with Gasteiger partial charge in [0.2, 0.25) is 0 Å². The number of anilines is 1. The highest BCUT2D eigenvalue weighted by atomic mass is 79.9. The maximum Gasteiger partial charge on any atom is 0.270 e. The molecular weight excluding hydrogens is 298 g/mol. The van der Waals surface area contributed by atoms with Crippen LogP contribution in [0, 0.1) is 0 Å². The fraction of sp³-hybridized carbons (Fsp3) is 0.0909. The van der Waals surface area contributed by atoms with E-state index in [1.807, 2.05) is 6.07 Å². The summed E-state index contributed by atoms with van der Waals surface area (Å²) >= 11 is 3.30. The summed E-state index contributed by atoms with van der Waals surface area (Å²) in [6, 6.07) is 7.04. The first-order valence-electron chi connectivity index (χ1n) is 5.14. The molecule has 0 saturated heterocycles. The highest BCUT2D eigenvalue weighted by Crippen LogP contribution is 2.12. The van der Waals surface area contributed by atoms with Crippen molar-refractivity contribution in [3.63, 3.8) is 0 Å². The normalized spacial score (nSPS) is 10.1. The summed E-state index contributed by atoms with van der Waals surface area (Å²) in [6.45, 7) is 4.01. The van der Waals surface area contributed by atoms with Gasteiger partial charge in [-0.2, -0.15) is 4.80 Å². The SMILES string of the molecule is C=CCn1nnc(NC(=O)c2cccc(Br)c2)n1. The predicted molar refractivity (Wildman–Crippen MR) is 70.1 cm³/mol. The zero-order valence-corrected chi connectivity index (χ0v) is 11.0. The van der Waals surface area contributed by atoms with E-state index in [-0.39, 0.29) is 11.9 Å². The first-order valence-corrected chi connectivity index (χ1v) is 5.94. The third-order valence-electron chi connectivity index (χ3n) is 2.06. The Kier molecular flexibility index (Phi) is 3.83. The van der Waals surface area contributed by atoms with Crippen molar-refractivity contribution < 1.29 is 4.79 Å². The van der Waals surface area contributed by atoms with Gasteiger partial charge in [0, 0.05) is 10.0 Å². The number of carbonyl (C=O) groups excluding carboxylic acids is 1. The first kappa shape index (κ1) is 12.4. The number of carbonyl (C=O) groups is 1. The van der Waals surface area contributed by atoms with E-state index in [1.54, 1.807) is 24.3 Å². The molecule has 2 rings (SSSR count). The maximum absolute atomic E-state index is 11.9. The molecule has 0 aliphatic heterocycles. The number of nitrogens with zero attached hydrogens (tertiary/aromatic N) is 4. The monoisotopic (exact) mass is 307 g/mol. The van der Waals surface area contributed by atoms with Gasteiger partial charge in [0.05, 0.1) is 6.54 Å². The summed E-state index contributed by atoms with van der Waals surface area (Å²) in [5, 5.41) is 14.0. The minimum Gasteiger partial charge on any atom is -0.288 e. The zero-order valence-electron chi connectivity index (χ0n) is 9.38. The van der Waals surface area contributed by atoms with Crippen molar-refractivity contribution in [1.29, 1.82) is 0 Å². The van der Waals surface area contributed by atoms with E-state index in [2.05, 4.69) is 43.2 Å². The van der Waals surface area contributed by atoms with Crippen molar-refractivity contribution in [1.82, 2.24) is 20.2 Å². The van der Waals surface area contributed by atoms with E-state index in [1.165, 1.54) is 4.80 Å². The summed E-state index contributed by atoms with van der Waals surface area (Å²) in [7, 11) is 0. The van der Waals surface area contributed by atoms with Gasteiger partial charge in [0.1, 0.15) is 0 Å². The van der Waals surface area contributed by atoms with E-state index >= 15 is 0 Å². The van der Waals surface area contributed by atoms with Crippen LogP contribution in [0.15, 0.2) is 41.4 Å². The Bertz CT molecular complexity index is 580. The largest absolute Gasteiger partial charge is 0.288 e. The number of hydrogen-bond donors (Lipinski definition) is 1. The molecule has 1 amide bonds. The van der Waals surface area contributed by atoms with Crippen LogP contribution in [0.4, 0.5) is 5.95 Å². The van der Waals surface area contributed by atoms with Gasteiger partial charge in [0.25, 0.3) is 11.9 Å². The van der Waals surface area contributed by atoms with Crippen LogP contribution in [-0.4, -0.2) is 26.1 Å². The number of tetrazole rings is 1. The fourth-order valence-corrected chi connectivity index (χ4v) is 1.69. The van der Waals surface area contributed by atoms with Gasteiger partial charge in [-0.15, -0.1) is 11.7 Å². The Labute approximate surface area is 112 Å². The summed E-state index contributed by atoms with van der Waals surface area (Å²) < 4.78 is 0.832. The summed E-state index contributed by atoms with van der Waals surface area (Å²) in [4.78, 5) is 13.2. The number of hydrogen-bond acceptors (Lipinski definition) is 4. The Morgan fingerprint density at radius 2 is 2.39 bits per heavy atom. The van der Waals surface area contributed by atoms with Crippen LogP contribution >= 0.6 is 15.9 Å². The average Bonchev–Trinajstić information content (AvgIpc) is 2.77. The van der Waals surface area contributed by atoms with E-state index in [0.29, 0.717) is 12.1 Å². The topological polar surface area (TPSA) is 72.7 Å². The lowest BCUT2D eigenvalue weighted by atomic mass is 10.2. The number of halogens is 1. The molecule has 1 aromatic heterocycles. The Morgan fingerprint density at radius 1 is 1.56 bits per heavy atom. The van der Waals surface area contributed by atoms with Crippen molar-refractivity contribution in [2.45, 2.75) is 6.54 Å². The summed E-state index contributed by atoms with van der Waals surface area (Å²) in [6.07, 6.45) is 1.64. The molecule has 0 saturated carbocycles. The molecule has 18 heavy (non-hydrogen) atoms. The lowest BCUT2D eigenvalue weighted by Crippen LogP contribution is -2.13. The summed E-state index contributed by atoms with van der Waals surface area (Å²) in [5.74, 6) is -0.115. The standard InChI is InChI=1S/C11H10BrN5O/c1-2-6-17-15-11(14-16-17)13-10(18)8-4-3-5-9(12)7-8/h2-5,7H,1,6H2,(H,13,15,18). The third kappa shape index (κ3) is 3.01. The number of allylic oxidation sites excluding steroid dienone is 1. The minimum atomic E-state index is -0.283. The maximum atomic E-state index is 11.9. The molecule has 1 aromatic carbocycles. The molecule has 0 unspecified atom stereocenters. The molecule has 2 aromatic rings. The van der Waals surface area contributed by atoms with Crippen molar-refractivity contribution in [2.24, 2.45) is 0 Å². The highest BCUT2D eigenvalue weighted by molar-refractivity contribution is 9.10. The van der Waals surface area contributed by atoms with Crippen LogP contribution in [0.3, 0.4) is 0 Å². The quantitative estimate of drug-likeness (QED) is 0.875. The van der Waals surface area contributed by atoms with Crippen LogP contribution in [-0.2, 0) is 6.54 Å². The second kappa shape index (κ2) is 5.54. The predicted octanol–water partition coefficient (Wildman–Crippen LogP) is 1.87. The van der Waals surface area contributed by atoms with Gasteiger partial charge in [-0.25, -0.2) is 0 Å². The molecule has 1 heterocycles. The van der Waals surface area contributed by atoms with E-state index < -0.39 is 0 Å². The molecule has 0 aliphatic rings. The lowest BCUT2D eigenvalue weighted by Gasteiger charge is -2.00. The molecule has 92 valence electrons. The summed E-state index contributed by atoms with van der Waals surface area (Å²) in [5.41, 5.74) is 0.518. The zero-order chi connectivity index (χ0) is 13.0. The number of benzene rings is 1. The van der Waals surface area contributed by atoms with Gasteiger partial charge in [0.15, 0.2) is 0 Å². The number of rotatable bonds is 4. The van der Waals surface area contributed by atoms with Gasteiger partial charge >= 0.3 is 0 Å². The van der Waals surface area contributed by atoms with Crippen LogP contribution in [0.1, 0.15) is 10.4 Å². The molecule has 0 aliphatic carbocycles. The highest BCUT2D eigenvalue weighted by Gasteiger charge is 2.09. The molecule has 0 spiro atoms. The van der Waals surface area contributed by atoms with Crippen molar-refractivity contribution in [3.05, 3.63) is 47.0 Å². The van der Waals surface area contributed by atoms with Gasteiger partial charge in [-0.05, 0) is 23.4 Å². The number of aromatic nitrogens is 4. The van der Waals surface area contributed by atoms with E-state index in [4.69, 9.17) is 0 Å². The smallest absolute Gasteiger partial charge is 0.270 e. The number of amides is 1. The van der Waals surface area contributed by atoms with Gasteiger partial charge < -0.3 is 0 Å². The molecular formula is C11H10BrN5O. The molecule has 0 fully saturated rings. The average molecular weight is 308 g/mol.